The first-order chi connectivity index (χ1) is 3.83. The number of aliphatic hydroxyl groups is 1. The Bertz CT molecular complexity index is 107. The van der Waals surface area contributed by atoms with Crippen molar-refractivity contribution >= 4 is 0 Å². The molecule has 0 radical (unpaired) electrons. The topological polar surface area (TPSA) is 32.3 Å². The molecule has 1 heterocycles. The zero-order valence-corrected chi connectivity index (χ0v) is 4.85. The van der Waals surface area contributed by atoms with Crippen LogP contribution in [0.4, 0.5) is 0 Å². The van der Waals surface area contributed by atoms with Gasteiger partial charge >= 0.3 is 0 Å². The molecule has 1 saturated carbocycles. The van der Waals surface area contributed by atoms with Crippen LogP contribution in [0.5, 0.6) is 0 Å². The summed E-state index contributed by atoms with van der Waals surface area (Å²) in [5.41, 5.74) is 0.347. The lowest BCUT2D eigenvalue weighted by atomic mass is 10.1. The molecule has 2 rings (SSSR count). The van der Waals surface area contributed by atoms with Gasteiger partial charge in [0.05, 0.1) is 6.10 Å². The molecule has 0 bridgehead atoms. The van der Waals surface area contributed by atoms with Crippen LogP contribution in [-0.4, -0.2) is 24.3 Å². The van der Waals surface area contributed by atoms with Crippen LogP contribution < -0.4 is 5.32 Å². The van der Waals surface area contributed by atoms with Crippen molar-refractivity contribution in [2.24, 2.45) is 5.41 Å². The van der Waals surface area contributed by atoms with E-state index in [4.69, 9.17) is 5.11 Å². The van der Waals surface area contributed by atoms with Gasteiger partial charge in [-0.25, -0.2) is 0 Å². The minimum Gasteiger partial charge on any atom is -0.392 e. The highest BCUT2D eigenvalue weighted by Gasteiger charge is 2.54. The molecule has 0 aromatic heterocycles. The van der Waals surface area contributed by atoms with E-state index in [0.717, 1.165) is 19.5 Å². The first-order valence-corrected chi connectivity index (χ1v) is 3.22. The average molecular weight is 113 g/mol. The monoisotopic (exact) mass is 113 g/mol. The second-order valence-electron chi connectivity index (χ2n) is 3.01. The maximum atomic E-state index is 9.08. The van der Waals surface area contributed by atoms with Gasteiger partial charge in [-0.05, 0) is 19.4 Å². The van der Waals surface area contributed by atoms with Crippen LogP contribution in [0, 0.1) is 5.41 Å². The van der Waals surface area contributed by atoms with Gasteiger partial charge in [0, 0.05) is 12.0 Å². The summed E-state index contributed by atoms with van der Waals surface area (Å²) in [6.07, 6.45) is 2.26. The highest BCUT2D eigenvalue weighted by atomic mass is 16.3. The van der Waals surface area contributed by atoms with Crippen LogP contribution >= 0.6 is 0 Å². The summed E-state index contributed by atoms with van der Waals surface area (Å²) in [4.78, 5) is 0. The molecule has 2 aliphatic rings. The van der Waals surface area contributed by atoms with Gasteiger partial charge in [0.2, 0.25) is 0 Å². The molecule has 1 saturated heterocycles. The van der Waals surface area contributed by atoms with Gasteiger partial charge in [0.1, 0.15) is 0 Å². The highest BCUT2D eigenvalue weighted by molar-refractivity contribution is 5.07. The molecule has 46 valence electrons. The van der Waals surface area contributed by atoms with Crippen LogP contribution in [0.1, 0.15) is 12.8 Å². The van der Waals surface area contributed by atoms with Gasteiger partial charge in [0.15, 0.2) is 0 Å². The Kier molecular flexibility index (Phi) is 0.746. The SMILES string of the molecule is O[C@@H]1C[C@@]12CCNC2. The van der Waals surface area contributed by atoms with Gasteiger partial charge in [-0.15, -0.1) is 0 Å². The van der Waals surface area contributed by atoms with E-state index in [2.05, 4.69) is 5.32 Å². The minimum atomic E-state index is 0.0255. The van der Waals surface area contributed by atoms with Crippen LogP contribution in [0.2, 0.25) is 0 Å². The molecule has 8 heavy (non-hydrogen) atoms. The van der Waals surface area contributed by atoms with Crippen molar-refractivity contribution < 1.29 is 5.11 Å². The number of rotatable bonds is 0. The zero-order valence-electron chi connectivity index (χ0n) is 4.85. The van der Waals surface area contributed by atoms with Crippen molar-refractivity contribution in [2.75, 3.05) is 13.1 Å². The Morgan fingerprint density at radius 3 is 2.62 bits per heavy atom. The Hall–Kier alpha value is -0.0800. The third-order valence-corrected chi connectivity index (χ3v) is 2.42. The van der Waals surface area contributed by atoms with E-state index in [-0.39, 0.29) is 6.10 Å². The maximum absolute atomic E-state index is 9.08. The van der Waals surface area contributed by atoms with E-state index in [1.165, 1.54) is 6.42 Å². The maximum Gasteiger partial charge on any atom is 0.0616 e. The molecule has 2 heteroatoms. The summed E-state index contributed by atoms with van der Waals surface area (Å²) in [5.74, 6) is 0. The fraction of sp³-hybridized carbons (Fsp3) is 1.00. The average Bonchev–Trinajstić information content (AvgIpc) is 2.29. The third kappa shape index (κ3) is 0.446. The predicted molar refractivity (Wildman–Crippen MR) is 30.5 cm³/mol. The van der Waals surface area contributed by atoms with E-state index in [1.807, 2.05) is 0 Å². The van der Waals surface area contributed by atoms with Crippen molar-refractivity contribution in [3.05, 3.63) is 0 Å². The van der Waals surface area contributed by atoms with Gasteiger partial charge in [-0.2, -0.15) is 0 Å². The summed E-state index contributed by atoms with van der Waals surface area (Å²) in [7, 11) is 0. The van der Waals surface area contributed by atoms with Crippen LogP contribution in [0.3, 0.4) is 0 Å². The fourth-order valence-corrected chi connectivity index (χ4v) is 1.55. The highest BCUT2D eigenvalue weighted by Crippen LogP contribution is 2.50. The first kappa shape index (κ1) is 4.77. The lowest BCUT2D eigenvalue weighted by Gasteiger charge is -1.99. The van der Waals surface area contributed by atoms with Crippen molar-refractivity contribution in [1.29, 1.82) is 0 Å². The molecular weight excluding hydrogens is 102 g/mol. The first-order valence-electron chi connectivity index (χ1n) is 3.22. The number of aliphatic hydroxyl groups excluding tert-OH is 1. The Morgan fingerprint density at radius 1 is 1.62 bits per heavy atom. The standard InChI is InChI=1S/C6H11NO/c8-5-3-6(5)1-2-7-4-6/h5,7-8H,1-4H2/t5-,6-/m1/s1. The second-order valence-corrected chi connectivity index (χ2v) is 3.01. The van der Waals surface area contributed by atoms with E-state index >= 15 is 0 Å². The van der Waals surface area contributed by atoms with Gasteiger partial charge in [0.25, 0.3) is 0 Å². The summed E-state index contributed by atoms with van der Waals surface area (Å²) in [5, 5.41) is 12.3. The predicted octanol–water partition coefficient (Wildman–Crippen LogP) is -0.269. The lowest BCUT2D eigenvalue weighted by molar-refractivity contribution is 0.227. The van der Waals surface area contributed by atoms with Gasteiger partial charge in [-0.3, -0.25) is 0 Å². The Morgan fingerprint density at radius 2 is 2.38 bits per heavy atom. The van der Waals surface area contributed by atoms with Crippen molar-refractivity contribution in [1.82, 2.24) is 5.32 Å². The smallest absolute Gasteiger partial charge is 0.0616 e. The quantitative estimate of drug-likeness (QED) is 0.453. The normalized spacial score (nSPS) is 52.9. The molecule has 1 aliphatic heterocycles. The van der Waals surface area contributed by atoms with E-state index < -0.39 is 0 Å². The molecular formula is C6H11NO. The molecule has 1 spiro atoms. The van der Waals surface area contributed by atoms with E-state index in [0.29, 0.717) is 5.41 Å². The van der Waals surface area contributed by atoms with Crippen molar-refractivity contribution in [2.45, 2.75) is 18.9 Å². The van der Waals surface area contributed by atoms with Crippen LogP contribution in [-0.2, 0) is 0 Å². The van der Waals surface area contributed by atoms with Crippen molar-refractivity contribution in [3.63, 3.8) is 0 Å². The molecule has 1 aliphatic carbocycles. The Balaban J connectivity index is 2.06. The molecule has 2 N–H and O–H groups in total. The van der Waals surface area contributed by atoms with Crippen LogP contribution in [0.15, 0.2) is 0 Å². The number of hydrogen-bond donors (Lipinski definition) is 2. The largest absolute Gasteiger partial charge is 0.392 e. The third-order valence-electron chi connectivity index (χ3n) is 2.42. The summed E-state index contributed by atoms with van der Waals surface area (Å²) in [6, 6.07) is 0. The molecule has 2 nitrogen and oxygen atoms in total. The molecule has 0 aromatic rings. The second kappa shape index (κ2) is 1.25. The zero-order chi connectivity index (χ0) is 5.61. The molecule has 2 fully saturated rings. The molecule has 0 amide bonds. The summed E-state index contributed by atoms with van der Waals surface area (Å²) >= 11 is 0. The van der Waals surface area contributed by atoms with Gasteiger partial charge < -0.3 is 10.4 Å². The molecule has 0 unspecified atom stereocenters. The molecule has 2 atom stereocenters. The van der Waals surface area contributed by atoms with E-state index in [1.54, 1.807) is 0 Å². The summed E-state index contributed by atoms with van der Waals surface area (Å²) < 4.78 is 0. The minimum absolute atomic E-state index is 0.0255. The lowest BCUT2D eigenvalue weighted by Crippen LogP contribution is -2.12. The van der Waals surface area contributed by atoms with Gasteiger partial charge in [-0.1, -0.05) is 0 Å². The fourth-order valence-electron chi connectivity index (χ4n) is 1.55. The molecule has 0 aromatic carbocycles. The summed E-state index contributed by atoms with van der Waals surface area (Å²) in [6.45, 7) is 2.16. The number of nitrogens with one attached hydrogen (secondary N) is 1. The van der Waals surface area contributed by atoms with Crippen molar-refractivity contribution in [3.8, 4) is 0 Å². The Labute approximate surface area is 48.9 Å². The van der Waals surface area contributed by atoms with Crippen LogP contribution in [0.25, 0.3) is 0 Å². The number of hydrogen-bond acceptors (Lipinski definition) is 2. The van der Waals surface area contributed by atoms with E-state index in [9.17, 15) is 0 Å².